The van der Waals surface area contributed by atoms with Crippen LogP contribution in [0.4, 0.5) is 0 Å². The fourth-order valence-electron chi connectivity index (χ4n) is 1.59. The van der Waals surface area contributed by atoms with Gasteiger partial charge in [0.15, 0.2) is 0 Å². The van der Waals surface area contributed by atoms with E-state index in [1.54, 1.807) is 12.1 Å². The van der Waals surface area contributed by atoms with Crippen LogP contribution in [0.15, 0.2) is 33.2 Å². The van der Waals surface area contributed by atoms with Crippen LogP contribution >= 0.6 is 22.7 Å². The zero-order chi connectivity index (χ0) is 13.9. The molecule has 7 heteroatoms. The highest BCUT2D eigenvalue weighted by atomic mass is 32.2. The summed E-state index contributed by atoms with van der Waals surface area (Å²) in [6, 6.07) is 5.21. The Bertz CT molecular complexity index is 616. The maximum absolute atomic E-state index is 11.9. The molecule has 2 heterocycles. The summed E-state index contributed by atoms with van der Waals surface area (Å²) in [4.78, 5) is 0.957. The van der Waals surface area contributed by atoms with Gasteiger partial charge in [-0.2, -0.15) is 11.3 Å². The molecule has 0 fully saturated rings. The van der Waals surface area contributed by atoms with Gasteiger partial charge in [0.25, 0.3) is 0 Å². The average Bonchev–Trinajstić information content (AvgIpc) is 2.99. The molecule has 0 aliphatic rings. The minimum Gasteiger partial charge on any atom is -0.388 e. The van der Waals surface area contributed by atoms with Crippen LogP contribution in [0.5, 0.6) is 0 Å². The molecular weight excluding hydrogens is 302 g/mol. The van der Waals surface area contributed by atoms with Crippen molar-refractivity contribution in [2.45, 2.75) is 23.7 Å². The molecule has 0 saturated carbocycles. The maximum atomic E-state index is 11.9. The third-order valence-electron chi connectivity index (χ3n) is 2.62. The Kier molecular flexibility index (Phi) is 4.75. The van der Waals surface area contributed by atoms with Crippen LogP contribution < -0.4 is 4.72 Å². The topological polar surface area (TPSA) is 66.4 Å². The summed E-state index contributed by atoms with van der Waals surface area (Å²) in [5.74, 6) is 0. The molecule has 0 aromatic carbocycles. The predicted octanol–water partition coefficient (Wildman–Crippen LogP) is 2.52. The van der Waals surface area contributed by atoms with Gasteiger partial charge in [0.05, 0.1) is 6.10 Å². The predicted molar refractivity (Wildman–Crippen MR) is 78.1 cm³/mol. The number of hydrogen-bond donors (Lipinski definition) is 2. The normalized spacial score (nSPS) is 13.6. The van der Waals surface area contributed by atoms with E-state index in [4.69, 9.17) is 0 Å². The minimum absolute atomic E-state index is 0.219. The molecule has 2 rings (SSSR count). The zero-order valence-corrected chi connectivity index (χ0v) is 12.8. The molecule has 0 amide bonds. The summed E-state index contributed by atoms with van der Waals surface area (Å²) in [6.07, 6.45) is -0.264. The van der Waals surface area contributed by atoms with Crippen molar-refractivity contribution in [2.24, 2.45) is 0 Å². The van der Waals surface area contributed by atoms with Gasteiger partial charge in [-0.3, -0.25) is 0 Å². The first-order chi connectivity index (χ1) is 8.99. The molecule has 104 valence electrons. The molecule has 0 saturated heterocycles. The Balaban J connectivity index is 1.89. The number of aliphatic hydroxyl groups is 1. The van der Waals surface area contributed by atoms with Crippen molar-refractivity contribution >= 4 is 32.7 Å². The van der Waals surface area contributed by atoms with Crippen molar-refractivity contribution in [2.75, 3.05) is 6.54 Å². The molecule has 0 bridgehead atoms. The van der Waals surface area contributed by atoms with Crippen molar-refractivity contribution < 1.29 is 13.5 Å². The second-order valence-electron chi connectivity index (χ2n) is 4.12. The van der Waals surface area contributed by atoms with Crippen LogP contribution in [0.1, 0.15) is 23.0 Å². The molecule has 1 unspecified atom stereocenters. The molecule has 19 heavy (non-hydrogen) atoms. The van der Waals surface area contributed by atoms with E-state index >= 15 is 0 Å². The van der Waals surface area contributed by atoms with E-state index in [-0.39, 0.29) is 6.54 Å². The number of thiophene rings is 2. The lowest BCUT2D eigenvalue weighted by molar-refractivity contribution is 0.169. The van der Waals surface area contributed by atoms with Gasteiger partial charge in [-0.1, -0.05) is 0 Å². The molecule has 4 nitrogen and oxygen atoms in total. The van der Waals surface area contributed by atoms with E-state index in [0.717, 1.165) is 10.4 Å². The molecule has 0 spiro atoms. The summed E-state index contributed by atoms with van der Waals surface area (Å²) in [6.45, 7) is 2.08. The number of aryl methyl sites for hydroxylation is 1. The van der Waals surface area contributed by atoms with Gasteiger partial charge >= 0.3 is 0 Å². The summed E-state index contributed by atoms with van der Waals surface area (Å²) in [5.41, 5.74) is 0.830. The Morgan fingerprint density at radius 2 is 2.16 bits per heavy atom. The smallest absolute Gasteiger partial charge is 0.250 e. The van der Waals surface area contributed by atoms with Gasteiger partial charge in [0.1, 0.15) is 4.21 Å². The van der Waals surface area contributed by atoms with E-state index < -0.39 is 16.1 Å². The number of rotatable bonds is 6. The molecule has 1 atom stereocenters. The highest BCUT2D eigenvalue weighted by Gasteiger charge is 2.16. The summed E-state index contributed by atoms with van der Waals surface area (Å²) >= 11 is 2.75. The first kappa shape index (κ1) is 14.7. The first-order valence-corrected chi connectivity index (χ1v) is 8.99. The number of nitrogens with one attached hydrogen (secondary N) is 1. The molecule has 2 aromatic heterocycles. The lowest BCUT2D eigenvalue weighted by Crippen LogP contribution is -2.25. The van der Waals surface area contributed by atoms with Crippen LogP contribution in [0.3, 0.4) is 0 Å². The Morgan fingerprint density at radius 1 is 1.37 bits per heavy atom. The SMILES string of the molecule is Cc1ccc(S(=O)(=O)NCCC(O)c2ccsc2)s1. The van der Waals surface area contributed by atoms with E-state index in [9.17, 15) is 13.5 Å². The van der Waals surface area contributed by atoms with Crippen LogP contribution in [-0.2, 0) is 10.0 Å². The molecular formula is C12H15NO3S3. The van der Waals surface area contributed by atoms with Gasteiger partial charge in [-0.05, 0) is 47.9 Å². The van der Waals surface area contributed by atoms with Crippen LogP contribution in [-0.4, -0.2) is 20.1 Å². The summed E-state index contributed by atoms with van der Waals surface area (Å²) < 4.78 is 26.7. The zero-order valence-electron chi connectivity index (χ0n) is 10.4. The fraction of sp³-hybridized carbons (Fsp3) is 0.333. The molecule has 0 aliphatic heterocycles. The molecule has 2 aromatic rings. The van der Waals surface area contributed by atoms with Gasteiger partial charge < -0.3 is 5.11 Å². The van der Waals surface area contributed by atoms with Crippen LogP contribution in [0.2, 0.25) is 0 Å². The highest BCUT2D eigenvalue weighted by Crippen LogP contribution is 2.21. The first-order valence-electron chi connectivity index (χ1n) is 5.75. The van der Waals surface area contributed by atoms with Gasteiger partial charge in [-0.25, -0.2) is 13.1 Å². The van der Waals surface area contributed by atoms with Crippen molar-refractivity contribution in [1.82, 2.24) is 4.72 Å². The molecule has 0 aliphatic carbocycles. The van der Waals surface area contributed by atoms with Gasteiger partial charge in [0.2, 0.25) is 10.0 Å². The fourth-order valence-corrected chi connectivity index (χ4v) is 4.67. The summed E-state index contributed by atoms with van der Waals surface area (Å²) in [5, 5.41) is 13.6. The van der Waals surface area contributed by atoms with Gasteiger partial charge in [0, 0.05) is 11.4 Å². The van der Waals surface area contributed by atoms with E-state index in [0.29, 0.717) is 10.6 Å². The Hall–Kier alpha value is -0.730. The lowest BCUT2D eigenvalue weighted by Gasteiger charge is -2.09. The standard InChI is InChI=1S/C12H15NO3S3/c1-9-2-3-12(18-9)19(15,16)13-6-4-11(14)10-5-7-17-8-10/h2-3,5,7-8,11,13-14H,4,6H2,1H3. The van der Waals surface area contributed by atoms with Crippen LogP contribution in [0.25, 0.3) is 0 Å². The number of sulfonamides is 1. The third-order valence-corrected chi connectivity index (χ3v) is 6.27. The van der Waals surface area contributed by atoms with E-state index in [1.165, 1.54) is 22.7 Å². The average molecular weight is 317 g/mol. The van der Waals surface area contributed by atoms with E-state index in [1.807, 2.05) is 23.8 Å². The minimum atomic E-state index is -3.44. The van der Waals surface area contributed by atoms with Crippen LogP contribution in [0, 0.1) is 6.92 Å². The number of aliphatic hydroxyl groups excluding tert-OH is 1. The van der Waals surface area contributed by atoms with Gasteiger partial charge in [-0.15, -0.1) is 11.3 Å². The monoisotopic (exact) mass is 317 g/mol. The van der Waals surface area contributed by atoms with Crippen molar-refractivity contribution in [3.8, 4) is 0 Å². The third kappa shape index (κ3) is 3.87. The van der Waals surface area contributed by atoms with Crippen molar-refractivity contribution in [3.05, 3.63) is 39.4 Å². The maximum Gasteiger partial charge on any atom is 0.250 e. The second kappa shape index (κ2) is 6.15. The Labute approximate surface area is 120 Å². The van der Waals surface area contributed by atoms with Crippen molar-refractivity contribution in [3.63, 3.8) is 0 Å². The van der Waals surface area contributed by atoms with Crippen molar-refractivity contribution in [1.29, 1.82) is 0 Å². The second-order valence-corrected chi connectivity index (χ2v) is 8.19. The Morgan fingerprint density at radius 3 is 2.74 bits per heavy atom. The largest absolute Gasteiger partial charge is 0.388 e. The highest BCUT2D eigenvalue weighted by molar-refractivity contribution is 7.91. The molecule has 2 N–H and O–H groups in total. The van der Waals surface area contributed by atoms with E-state index in [2.05, 4.69) is 4.72 Å². The molecule has 0 radical (unpaired) electrons. The number of hydrogen-bond acceptors (Lipinski definition) is 5. The quantitative estimate of drug-likeness (QED) is 0.860. The summed E-state index contributed by atoms with van der Waals surface area (Å²) in [7, 11) is -3.44. The lowest BCUT2D eigenvalue weighted by atomic mass is 10.1.